The first-order valence-electron chi connectivity index (χ1n) is 14.2. The number of hydrogen-bond acceptors (Lipinski definition) is 8. The van der Waals surface area contributed by atoms with Crippen LogP contribution in [0, 0.1) is 11.7 Å². The molecule has 0 unspecified atom stereocenters. The number of fused-ring (bicyclic) bond motifs is 1. The van der Waals surface area contributed by atoms with Crippen molar-refractivity contribution < 1.29 is 41.7 Å². The highest BCUT2D eigenvalue weighted by Gasteiger charge is 2.39. The summed E-state index contributed by atoms with van der Waals surface area (Å²) >= 11 is 0. The van der Waals surface area contributed by atoms with Crippen LogP contribution in [-0.2, 0) is 26.0 Å². The third-order valence-electron chi connectivity index (χ3n) is 7.27. The van der Waals surface area contributed by atoms with Gasteiger partial charge in [0.25, 0.3) is 5.91 Å². The number of carbonyl (C=O) groups is 2. The van der Waals surface area contributed by atoms with Gasteiger partial charge in [-0.05, 0) is 54.3 Å². The maximum absolute atomic E-state index is 13.8. The van der Waals surface area contributed by atoms with Crippen LogP contribution in [0.1, 0.15) is 19.4 Å². The monoisotopic (exact) mass is 627 g/mol. The van der Waals surface area contributed by atoms with E-state index in [0.717, 1.165) is 5.56 Å². The summed E-state index contributed by atoms with van der Waals surface area (Å²) in [6.07, 6.45) is -3.14. The number of carbonyl (C=O) groups excluding carboxylic acids is 2. The predicted molar refractivity (Wildman–Crippen MR) is 158 cm³/mol. The maximum atomic E-state index is 13.8. The largest absolute Gasteiger partial charge is 0.454 e. The first kappa shape index (κ1) is 31.2. The van der Waals surface area contributed by atoms with Gasteiger partial charge >= 0.3 is 6.09 Å². The second-order valence-corrected chi connectivity index (χ2v) is 13.0. The molecule has 3 aromatic rings. The Hall–Kier alpha value is -4.20. The zero-order valence-corrected chi connectivity index (χ0v) is 25.1. The highest BCUT2D eigenvalue weighted by molar-refractivity contribution is 7.89. The molecular formula is C31H34FN3O8S. The van der Waals surface area contributed by atoms with Gasteiger partial charge in [-0.1, -0.05) is 44.2 Å². The van der Waals surface area contributed by atoms with Gasteiger partial charge in [0.2, 0.25) is 16.8 Å². The van der Waals surface area contributed by atoms with E-state index in [1.54, 1.807) is 0 Å². The van der Waals surface area contributed by atoms with Crippen LogP contribution in [0.3, 0.4) is 0 Å². The molecule has 3 aromatic carbocycles. The quantitative estimate of drug-likeness (QED) is 0.313. The fourth-order valence-corrected chi connectivity index (χ4v) is 6.70. The lowest BCUT2D eigenvalue weighted by Gasteiger charge is -2.31. The number of benzene rings is 3. The Balaban J connectivity index is 1.35. The smallest absolute Gasteiger partial charge is 0.415 e. The minimum atomic E-state index is -4.09. The maximum Gasteiger partial charge on any atom is 0.415 e. The van der Waals surface area contributed by atoms with Gasteiger partial charge in [0, 0.05) is 24.8 Å². The topological polar surface area (TPSA) is 135 Å². The van der Waals surface area contributed by atoms with Crippen molar-refractivity contribution in [2.45, 2.75) is 43.4 Å². The van der Waals surface area contributed by atoms with Crippen LogP contribution < -0.4 is 19.7 Å². The molecule has 3 atom stereocenters. The van der Waals surface area contributed by atoms with Gasteiger partial charge in [-0.2, -0.15) is 4.31 Å². The standard InChI is InChI=1S/C31H34FN3O8S/c1-20(2)16-34(44(39,40)24-12-13-27-28(15-24)42-19-41-27)17-26(36)25(14-21-6-4-3-5-7-21)33-30(37)29-18-35(31(38)43-29)23-10-8-22(32)9-11-23/h3-13,15,20,25-26,29,36H,14,16-19H2,1-2H3,(H,33,37)/t25-,26+,29-/m0/s1. The Kier molecular flexibility index (Phi) is 9.37. The van der Waals surface area contributed by atoms with Gasteiger partial charge in [0.1, 0.15) is 5.82 Å². The van der Waals surface area contributed by atoms with E-state index in [9.17, 15) is 27.5 Å². The molecule has 0 aliphatic carbocycles. The fraction of sp³-hybridized carbons (Fsp3) is 0.355. The average molecular weight is 628 g/mol. The van der Waals surface area contributed by atoms with Crippen LogP contribution in [0.15, 0.2) is 77.7 Å². The Labute approximate surface area is 255 Å². The lowest BCUT2D eigenvalue weighted by Crippen LogP contribution is -2.53. The second kappa shape index (κ2) is 13.2. The minimum Gasteiger partial charge on any atom is -0.454 e. The Morgan fingerprint density at radius 1 is 1.05 bits per heavy atom. The molecule has 2 amide bonds. The number of aliphatic hydroxyl groups is 1. The molecule has 1 saturated heterocycles. The molecule has 0 saturated carbocycles. The summed E-state index contributed by atoms with van der Waals surface area (Å²) in [5, 5.41) is 14.3. The van der Waals surface area contributed by atoms with Crippen molar-refractivity contribution in [3.8, 4) is 11.5 Å². The zero-order chi connectivity index (χ0) is 31.4. The van der Waals surface area contributed by atoms with E-state index < -0.39 is 46.1 Å². The van der Waals surface area contributed by atoms with E-state index >= 15 is 0 Å². The number of nitrogens with zero attached hydrogens (tertiary/aromatic N) is 2. The van der Waals surface area contributed by atoms with Crippen molar-refractivity contribution in [3.63, 3.8) is 0 Å². The summed E-state index contributed by atoms with van der Waals surface area (Å²) in [7, 11) is -4.09. The Morgan fingerprint density at radius 2 is 1.75 bits per heavy atom. The van der Waals surface area contributed by atoms with Crippen LogP contribution >= 0.6 is 0 Å². The molecule has 5 rings (SSSR count). The fourth-order valence-electron chi connectivity index (χ4n) is 5.06. The summed E-state index contributed by atoms with van der Waals surface area (Å²) in [5.74, 6) is -0.456. The van der Waals surface area contributed by atoms with Gasteiger partial charge < -0.3 is 24.6 Å². The summed E-state index contributed by atoms with van der Waals surface area (Å²) in [6.45, 7) is 3.37. The molecular weight excluding hydrogens is 593 g/mol. The van der Waals surface area contributed by atoms with E-state index in [1.165, 1.54) is 51.7 Å². The van der Waals surface area contributed by atoms with Crippen molar-refractivity contribution >= 4 is 27.7 Å². The van der Waals surface area contributed by atoms with Crippen molar-refractivity contribution in [2.24, 2.45) is 5.92 Å². The molecule has 44 heavy (non-hydrogen) atoms. The molecule has 2 aliphatic rings. The number of anilines is 1. The number of sulfonamides is 1. The second-order valence-electron chi connectivity index (χ2n) is 11.1. The number of amides is 2. The predicted octanol–water partition coefficient (Wildman–Crippen LogP) is 3.31. The van der Waals surface area contributed by atoms with E-state index in [2.05, 4.69) is 5.32 Å². The molecule has 11 nitrogen and oxygen atoms in total. The molecule has 2 aliphatic heterocycles. The zero-order valence-electron chi connectivity index (χ0n) is 24.3. The number of ether oxygens (including phenoxy) is 3. The molecule has 1 fully saturated rings. The average Bonchev–Trinajstić information content (AvgIpc) is 3.63. The third-order valence-corrected chi connectivity index (χ3v) is 9.10. The van der Waals surface area contributed by atoms with Gasteiger partial charge in [0.15, 0.2) is 17.6 Å². The van der Waals surface area contributed by atoms with Crippen molar-refractivity contribution in [3.05, 3.63) is 84.2 Å². The lowest BCUT2D eigenvalue weighted by molar-refractivity contribution is -0.129. The summed E-state index contributed by atoms with van der Waals surface area (Å²) < 4.78 is 58.1. The highest BCUT2D eigenvalue weighted by atomic mass is 32.2. The third kappa shape index (κ3) is 7.12. The molecule has 13 heteroatoms. The van der Waals surface area contributed by atoms with Crippen molar-refractivity contribution in [1.82, 2.24) is 9.62 Å². The molecule has 2 heterocycles. The molecule has 234 valence electrons. The van der Waals surface area contributed by atoms with Gasteiger partial charge in [-0.3, -0.25) is 9.69 Å². The number of halogens is 1. The van der Waals surface area contributed by atoms with E-state index in [1.807, 2.05) is 44.2 Å². The lowest BCUT2D eigenvalue weighted by atomic mass is 10.0. The highest BCUT2D eigenvalue weighted by Crippen LogP contribution is 2.35. The Morgan fingerprint density at radius 3 is 2.45 bits per heavy atom. The molecule has 0 radical (unpaired) electrons. The normalized spacial score (nSPS) is 17.5. The van der Waals surface area contributed by atoms with Gasteiger partial charge in [0.05, 0.1) is 23.6 Å². The molecule has 0 bridgehead atoms. The van der Waals surface area contributed by atoms with Crippen LogP contribution in [-0.4, -0.2) is 74.5 Å². The van der Waals surface area contributed by atoms with E-state index in [0.29, 0.717) is 17.2 Å². The molecule has 0 spiro atoms. The number of nitrogens with one attached hydrogen (secondary N) is 1. The summed E-state index contributed by atoms with van der Waals surface area (Å²) in [5.41, 5.74) is 1.16. The van der Waals surface area contributed by atoms with Crippen LogP contribution in [0.25, 0.3) is 0 Å². The van der Waals surface area contributed by atoms with Crippen LogP contribution in [0.5, 0.6) is 11.5 Å². The van der Waals surface area contributed by atoms with Gasteiger partial charge in [-0.15, -0.1) is 0 Å². The molecule has 2 N–H and O–H groups in total. The minimum absolute atomic E-state index is 0.00785. The summed E-state index contributed by atoms with van der Waals surface area (Å²) in [4.78, 5) is 27.1. The van der Waals surface area contributed by atoms with E-state index in [4.69, 9.17) is 14.2 Å². The first-order chi connectivity index (χ1) is 21.0. The number of hydrogen-bond donors (Lipinski definition) is 2. The van der Waals surface area contributed by atoms with Crippen LogP contribution in [0.4, 0.5) is 14.9 Å². The Bertz CT molecular complexity index is 1590. The molecule has 0 aromatic heterocycles. The first-order valence-corrected chi connectivity index (χ1v) is 15.6. The van der Waals surface area contributed by atoms with Crippen molar-refractivity contribution in [1.29, 1.82) is 0 Å². The van der Waals surface area contributed by atoms with Crippen molar-refractivity contribution in [2.75, 3.05) is 31.3 Å². The van der Waals surface area contributed by atoms with E-state index in [-0.39, 0.29) is 43.7 Å². The summed E-state index contributed by atoms with van der Waals surface area (Å²) in [6, 6.07) is 17.7. The van der Waals surface area contributed by atoms with Crippen LogP contribution in [0.2, 0.25) is 0 Å². The number of rotatable bonds is 12. The number of cyclic esters (lactones) is 1. The SMILES string of the molecule is CC(C)CN(C[C@@H](O)[C@H](Cc1ccccc1)NC(=O)[C@@H]1CN(c2ccc(F)cc2)C(=O)O1)S(=O)(=O)c1ccc2c(c1)OCO2. The van der Waals surface area contributed by atoms with Gasteiger partial charge in [-0.25, -0.2) is 17.6 Å². The number of aliphatic hydroxyl groups excluding tert-OH is 1.